The molecule has 1 amide bonds. The topological polar surface area (TPSA) is 41.6 Å². The van der Waals surface area contributed by atoms with Crippen molar-refractivity contribution >= 4 is 5.91 Å². The molecule has 0 heterocycles. The fraction of sp³-hybridized carbons (Fsp3) is 0.562. The molecule has 118 valence electrons. The molecule has 0 aliphatic rings. The van der Waals surface area contributed by atoms with Crippen LogP contribution in [0.25, 0.3) is 0 Å². The Balaban J connectivity index is 2.75. The number of nitrogens with one attached hydrogen (secondary N) is 1. The largest absolute Gasteiger partial charge is 0.483 e. The minimum absolute atomic E-state index is 0.0432. The highest BCUT2D eigenvalue weighted by atomic mass is 19.1. The van der Waals surface area contributed by atoms with Crippen LogP contribution in [0.1, 0.15) is 33.3 Å². The van der Waals surface area contributed by atoms with Crippen molar-refractivity contribution in [3.8, 4) is 5.75 Å². The van der Waals surface area contributed by atoms with E-state index in [4.69, 9.17) is 4.74 Å². The highest BCUT2D eigenvalue weighted by molar-refractivity contribution is 5.77. The molecular formula is C16H25FN2O2. The summed E-state index contributed by atoms with van der Waals surface area (Å²) in [5.74, 6) is 0.118. The number of nitrogens with zero attached hydrogens (tertiary/aromatic N) is 1. The van der Waals surface area contributed by atoms with E-state index in [-0.39, 0.29) is 23.9 Å². The van der Waals surface area contributed by atoms with Crippen LogP contribution >= 0.6 is 0 Å². The van der Waals surface area contributed by atoms with E-state index in [1.165, 1.54) is 12.1 Å². The van der Waals surface area contributed by atoms with Crippen molar-refractivity contribution in [2.24, 2.45) is 0 Å². The van der Waals surface area contributed by atoms with Crippen molar-refractivity contribution in [3.05, 3.63) is 29.6 Å². The lowest BCUT2D eigenvalue weighted by Gasteiger charge is -2.22. The monoisotopic (exact) mass is 296 g/mol. The van der Waals surface area contributed by atoms with Gasteiger partial charge in [0.05, 0.1) is 0 Å². The first-order chi connectivity index (χ1) is 9.73. The van der Waals surface area contributed by atoms with Crippen LogP contribution < -0.4 is 10.1 Å². The Labute approximate surface area is 126 Å². The Kier molecular flexibility index (Phi) is 6.15. The molecule has 0 atom stereocenters. The number of ether oxygens (including phenoxy) is 1. The predicted molar refractivity (Wildman–Crippen MR) is 81.8 cm³/mol. The lowest BCUT2D eigenvalue weighted by Crippen LogP contribution is -2.35. The number of halogens is 1. The number of carbonyl (C=O) groups excluding carboxylic acids is 1. The number of benzene rings is 1. The van der Waals surface area contributed by atoms with Crippen LogP contribution in [0.4, 0.5) is 4.39 Å². The van der Waals surface area contributed by atoms with E-state index in [9.17, 15) is 9.18 Å². The van der Waals surface area contributed by atoms with E-state index < -0.39 is 0 Å². The summed E-state index contributed by atoms with van der Waals surface area (Å²) in [5.41, 5.74) is 0.624. The zero-order valence-corrected chi connectivity index (χ0v) is 13.5. The molecule has 0 saturated carbocycles. The first-order valence-corrected chi connectivity index (χ1v) is 7.13. The van der Waals surface area contributed by atoms with E-state index in [1.807, 2.05) is 27.7 Å². The van der Waals surface area contributed by atoms with Gasteiger partial charge in [0, 0.05) is 31.2 Å². The average Bonchev–Trinajstić information content (AvgIpc) is 2.41. The molecule has 1 aromatic carbocycles. The maximum absolute atomic E-state index is 13.4. The average molecular weight is 296 g/mol. The Morgan fingerprint density at radius 1 is 1.38 bits per heavy atom. The van der Waals surface area contributed by atoms with Gasteiger partial charge in [-0.2, -0.15) is 0 Å². The highest BCUT2D eigenvalue weighted by Gasteiger charge is 2.13. The molecule has 0 unspecified atom stereocenters. The SMILES string of the molecule is CCN(C)C(=O)COc1ccc(F)cc1CNC(C)(C)C. The third-order valence-electron chi connectivity index (χ3n) is 3.08. The first kappa shape index (κ1) is 17.4. The second-order valence-electron chi connectivity index (χ2n) is 6.05. The Morgan fingerprint density at radius 3 is 2.62 bits per heavy atom. The first-order valence-electron chi connectivity index (χ1n) is 7.13. The summed E-state index contributed by atoms with van der Waals surface area (Å²) in [6, 6.07) is 4.33. The predicted octanol–water partition coefficient (Wildman–Crippen LogP) is 2.57. The van der Waals surface area contributed by atoms with Crippen molar-refractivity contribution in [3.63, 3.8) is 0 Å². The van der Waals surface area contributed by atoms with Gasteiger partial charge >= 0.3 is 0 Å². The number of amides is 1. The summed E-state index contributed by atoms with van der Waals surface area (Å²) >= 11 is 0. The van der Waals surface area contributed by atoms with Crippen LogP contribution in [0.2, 0.25) is 0 Å². The molecule has 0 radical (unpaired) electrons. The highest BCUT2D eigenvalue weighted by Crippen LogP contribution is 2.20. The van der Waals surface area contributed by atoms with Gasteiger partial charge in [0.15, 0.2) is 6.61 Å². The summed E-state index contributed by atoms with van der Waals surface area (Å²) in [6.45, 7) is 9.07. The van der Waals surface area contributed by atoms with Gasteiger partial charge in [0.1, 0.15) is 11.6 Å². The van der Waals surface area contributed by atoms with Gasteiger partial charge in [0.2, 0.25) is 0 Å². The van der Waals surface area contributed by atoms with Crippen LogP contribution in [-0.2, 0) is 11.3 Å². The fourth-order valence-electron chi connectivity index (χ4n) is 1.61. The maximum Gasteiger partial charge on any atom is 0.260 e. The van der Waals surface area contributed by atoms with E-state index in [2.05, 4.69) is 5.32 Å². The molecule has 0 aliphatic carbocycles. The van der Waals surface area contributed by atoms with Gasteiger partial charge in [-0.15, -0.1) is 0 Å². The van der Waals surface area contributed by atoms with E-state index >= 15 is 0 Å². The zero-order chi connectivity index (χ0) is 16.0. The lowest BCUT2D eigenvalue weighted by molar-refractivity contribution is -0.131. The Bertz CT molecular complexity index is 484. The van der Waals surface area contributed by atoms with Gasteiger partial charge in [-0.25, -0.2) is 4.39 Å². The van der Waals surface area contributed by atoms with Crippen LogP contribution in [-0.4, -0.2) is 36.5 Å². The molecule has 1 N–H and O–H groups in total. The molecule has 0 bridgehead atoms. The fourth-order valence-corrected chi connectivity index (χ4v) is 1.61. The second-order valence-corrected chi connectivity index (χ2v) is 6.05. The lowest BCUT2D eigenvalue weighted by atomic mass is 10.1. The van der Waals surface area contributed by atoms with E-state index in [0.29, 0.717) is 24.4 Å². The summed E-state index contributed by atoms with van der Waals surface area (Å²) in [6.07, 6.45) is 0. The molecule has 0 aromatic heterocycles. The third-order valence-corrected chi connectivity index (χ3v) is 3.08. The Morgan fingerprint density at radius 2 is 2.05 bits per heavy atom. The van der Waals surface area contributed by atoms with Crippen LogP contribution in [0.15, 0.2) is 18.2 Å². The molecule has 21 heavy (non-hydrogen) atoms. The van der Waals surface area contributed by atoms with Crippen LogP contribution in [0, 0.1) is 5.82 Å². The molecule has 1 aromatic rings. The smallest absolute Gasteiger partial charge is 0.260 e. The van der Waals surface area contributed by atoms with Gasteiger partial charge in [-0.05, 0) is 45.9 Å². The maximum atomic E-state index is 13.4. The molecule has 0 saturated heterocycles. The summed E-state index contributed by atoms with van der Waals surface area (Å²) in [5, 5.41) is 3.29. The summed E-state index contributed by atoms with van der Waals surface area (Å²) in [7, 11) is 1.72. The van der Waals surface area contributed by atoms with Gasteiger partial charge < -0.3 is 15.0 Å². The molecule has 0 spiro atoms. The van der Waals surface area contributed by atoms with E-state index in [0.717, 1.165) is 0 Å². The molecule has 5 heteroatoms. The van der Waals surface area contributed by atoms with Crippen molar-refractivity contribution in [1.29, 1.82) is 0 Å². The summed E-state index contributed by atoms with van der Waals surface area (Å²) in [4.78, 5) is 13.3. The quantitative estimate of drug-likeness (QED) is 0.877. The molecule has 4 nitrogen and oxygen atoms in total. The van der Waals surface area contributed by atoms with Crippen molar-refractivity contribution < 1.29 is 13.9 Å². The number of carbonyl (C=O) groups is 1. The molecular weight excluding hydrogens is 271 g/mol. The van der Waals surface area contributed by atoms with Crippen molar-refractivity contribution in [2.75, 3.05) is 20.2 Å². The molecule has 0 aliphatic heterocycles. The van der Waals surface area contributed by atoms with Crippen molar-refractivity contribution in [1.82, 2.24) is 10.2 Å². The normalized spacial score (nSPS) is 11.3. The Hall–Kier alpha value is -1.62. The zero-order valence-electron chi connectivity index (χ0n) is 13.5. The number of likely N-dealkylation sites (N-methyl/N-ethyl adjacent to an activating group) is 1. The molecule has 1 rings (SSSR count). The van der Waals surface area contributed by atoms with Gasteiger partial charge in [-0.1, -0.05) is 0 Å². The van der Waals surface area contributed by atoms with Crippen molar-refractivity contribution in [2.45, 2.75) is 39.8 Å². The number of hydrogen-bond acceptors (Lipinski definition) is 3. The third kappa shape index (κ3) is 6.12. The number of hydrogen-bond donors (Lipinski definition) is 1. The van der Waals surface area contributed by atoms with Crippen LogP contribution in [0.5, 0.6) is 5.75 Å². The van der Waals surface area contributed by atoms with E-state index in [1.54, 1.807) is 18.0 Å². The standard InChI is InChI=1S/C16H25FN2O2/c1-6-19(5)15(20)11-21-14-8-7-13(17)9-12(14)10-18-16(2,3)4/h7-9,18H,6,10-11H2,1-5H3. The minimum Gasteiger partial charge on any atom is -0.483 e. The number of rotatable bonds is 6. The minimum atomic E-state index is -0.315. The van der Waals surface area contributed by atoms with Crippen LogP contribution in [0.3, 0.4) is 0 Å². The van der Waals surface area contributed by atoms with Gasteiger partial charge in [-0.3, -0.25) is 4.79 Å². The second kappa shape index (κ2) is 7.41. The van der Waals surface area contributed by atoms with Gasteiger partial charge in [0.25, 0.3) is 5.91 Å². The summed E-state index contributed by atoms with van der Waals surface area (Å²) < 4.78 is 18.9. The molecule has 0 fully saturated rings.